The third-order valence-corrected chi connectivity index (χ3v) is 6.82. The van der Waals surface area contributed by atoms with Crippen LogP contribution in [0.1, 0.15) is 51.3 Å². The molecule has 3 aromatic rings. The number of hydrogen-bond acceptors (Lipinski definition) is 8. The molecular formula is C36H50N2O8S. The fourth-order valence-electron chi connectivity index (χ4n) is 4.83. The maximum atomic E-state index is 14.5. The van der Waals surface area contributed by atoms with Gasteiger partial charge in [-0.1, -0.05) is 54.6 Å². The molecule has 0 radical (unpaired) electrons. The van der Waals surface area contributed by atoms with Gasteiger partial charge in [0.2, 0.25) is 5.91 Å². The molecule has 47 heavy (non-hydrogen) atoms. The molecule has 11 heteroatoms. The minimum absolute atomic E-state index is 0. The third kappa shape index (κ3) is 13.0. The van der Waals surface area contributed by atoms with Crippen LogP contribution in [0.3, 0.4) is 0 Å². The molecule has 0 aliphatic carbocycles. The van der Waals surface area contributed by atoms with E-state index in [0.717, 1.165) is 16.7 Å². The molecule has 0 saturated heterocycles. The number of carbonyl (C=O) groups is 2. The fraction of sp³-hybridized carbons (Fsp3) is 0.444. The van der Waals surface area contributed by atoms with Gasteiger partial charge in [0.25, 0.3) is 0 Å². The summed E-state index contributed by atoms with van der Waals surface area (Å²) in [5.41, 5.74) is 2.02. The predicted molar refractivity (Wildman–Crippen MR) is 186 cm³/mol. The first kappa shape index (κ1) is 39.2. The van der Waals surface area contributed by atoms with E-state index in [1.807, 2.05) is 101 Å². The van der Waals surface area contributed by atoms with Crippen LogP contribution in [0.4, 0.5) is 4.79 Å². The van der Waals surface area contributed by atoms with Gasteiger partial charge in [-0.2, -0.15) is 13.5 Å². The molecule has 0 unspecified atom stereocenters. The normalized spacial score (nSPS) is 11.7. The van der Waals surface area contributed by atoms with Crippen LogP contribution in [-0.2, 0) is 38.6 Å². The molecule has 0 aliphatic heterocycles. The highest BCUT2D eigenvalue weighted by molar-refractivity contribution is 7.59. The van der Waals surface area contributed by atoms with Crippen LogP contribution in [0.15, 0.2) is 72.8 Å². The van der Waals surface area contributed by atoms with Gasteiger partial charge < -0.3 is 38.6 Å². The minimum Gasteiger partial charge on any atom is -0.493 e. The molecule has 0 saturated carbocycles. The Morgan fingerprint density at radius 1 is 0.830 bits per heavy atom. The molecule has 0 bridgehead atoms. The second-order valence-corrected chi connectivity index (χ2v) is 11.5. The third-order valence-electron chi connectivity index (χ3n) is 6.82. The summed E-state index contributed by atoms with van der Waals surface area (Å²) in [6.07, 6.45) is -1.19. The first-order valence-corrected chi connectivity index (χ1v) is 15.5. The lowest BCUT2D eigenvalue weighted by molar-refractivity contribution is -0.161. The van der Waals surface area contributed by atoms with Gasteiger partial charge in [0.05, 0.1) is 20.8 Å². The summed E-state index contributed by atoms with van der Waals surface area (Å²) in [6.45, 7) is 10.8. The molecule has 258 valence electrons. The fourth-order valence-corrected chi connectivity index (χ4v) is 4.83. The maximum Gasteiger partial charge on any atom is 0.408 e. The van der Waals surface area contributed by atoms with Crippen molar-refractivity contribution in [2.45, 2.75) is 72.1 Å². The highest BCUT2D eigenvalue weighted by atomic mass is 32.1. The summed E-state index contributed by atoms with van der Waals surface area (Å²) >= 11 is 0. The molecule has 0 heterocycles. The lowest BCUT2D eigenvalue weighted by Crippen LogP contribution is -2.51. The quantitative estimate of drug-likeness (QED) is 0.168. The summed E-state index contributed by atoms with van der Waals surface area (Å²) in [4.78, 5) is 29.2. The van der Waals surface area contributed by atoms with Crippen molar-refractivity contribution < 1.29 is 38.0 Å². The number of ether oxygens (including phenoxy) is 6. The predicted octanol–water partition coefficient (Wildman–Crippen LogP) is 6.26. The summed E-state index contributed by atoms with van der Waals surface area (Å²) in [5.74, 6) is 1.40. The Balaban J connectivity index is 0.00000768. The molecule has 10 nitrogen and oxygen atoms in total. The number of carbonyl (C=O) groups excluding carboxylic acids is 2. The van der Waals surface area contributed by atoms with Crippen molar-refractivity contribution in [2.75, 3.05) is 34.0 Å². The monoisotopic (exact) mass is 670 g/mol. The summed E-state index contributed by atoms with van der Waals surface area (Å²) < 4.78 is 34.3. The van der Waals surface area contributed by atoms with Gasteiger partial charge in [0.1, 0.15) is 24.0 Å². The lowest BCUT2D eigenvalue weighted by Gasteiger charge is -2.31. The second-order valence-electron chi connectivity index (χ2n) is 11.5. The van der Waals surface area contributed by atoms with E-state index in [-0.39, 0.29) is 51.1 Å². The van der Waals surface area contributed by atoms with Crippen molar-refractivity contribution in [3.05, 3.63) is 89.5 Å². The van der Waals surface area contributed by atoms with Crippen LogP contribution in [0.5, 0.6) is 17.2 Å². The van der Waals surface area contributed by atoms with Crippen LogP contribution in [0, 0.1) is 0 Å². The van der Waals surface area contributed by atoms with Gasteiger partial charge in [-0.25, -0.2) is 4.79 Å². The zero-order chi connectivity index (χ0) is 33.5. The van der Waals surface area contributed by atoms with E-state index in [0.29, 0.717) is 30.5 Å². The second kappa shape index (κ2) is 19.7. The molecule has 1 N–H and O–H groups in total. The van der Waals surface area contributed by atoms with Crippen LogP contribution in [0.25, 0.3) is 0 Å². The molecular weight excluding hydrogens is 620 g/mol. The highest BCUT2D eigenvalue weighted by Gasteiger charge is 2.30. The molecule has 0 aromatic heterocycles. The Bertz CT molecular complexity index is 1360. The van der Waals surface area contributed by atoms with Crippen molar-refractivity contribution in [1.29, 1.82) is 0 Å². The largest absolute Gasteiger partial charge is 0.493 e. The van der Waals surface area contributed by atoms with E-state index in [2.05, 4.69) is 5.32 Å². The number of rotatable bonds is 17. The number of amides is 2. The van der Waals surface area contributed by atoms with E-state index in [4.69, 9.17) is 28.4 Å². The Hall–Kier alpha value is -3.93. The molecule has 0 fully saturated rings. The van der Waals surface area contributed by atoms with E-state index in [1.54, 1.807) is 25.2 Å². The average Bonchev–Trinajstić information content (AvgIpc) is 3.03. The van der Waals surface area contributed by atoms with Gasteiger partial charge in [0.15, 0.2) is 17.8 Å². The van der Waals surface area contributed by atoms with E-state index >= 15 is 0 Å². The van der Waals surface area contributed by atoms with E-state index < -0.39 is 18.4 Å². The average molecular weight is 671 g/mol. The molecule has 2 amide bonds. The zero-order valence-corrected chi connectivity index (χ0v) is 29.5. The van der Waals surface area contributed by atoms with Crippen molar-refractivity contribution in [1.82, 2.24) is 10.2 Å². The minimum atomic E-state index is -0.974. The van der Waals surface area contributed by atoms with Gasteiger partial charge in [-0.15, -0.1) is 0 Å². The molecule has 0 spiro atoms. The highest BCUT2D eigenvalue weighted by Crippen LogP contribution is 2.32. The number of hydrogen-bond donors (Lipinski definition) is 1. The van der Waals surface area contributed by atoms with Crippen LogP contribution in [0.2, 0.25) is 0 Å². The van der Waals surface area contributed by atoms with Crippen LogP contribution in [-0.4, -0.2) is 68.8 Å². The standard InChI is InChI=1S/C36H48N2O8.H2S/c1-8-43-32(44-9-2)24-38(23-28-16-13-17-31(41-6)33(28)42-7)34(39)30(37-35(40)45-25-27-14-11-10-12-15-27)22-26-18-20-29(21-19-26)46-36(3,4)5;/h10-21,30,32H,8-9,22-25H2,1-7H3,(H,37,40);1H2/t30-;/m0./s1. The summed E-state index contributed by atoms with van der Waals surface area (Å²) in [6, 6.07) is 21.3. The van der Waals surface area contributed by atoms with Crippen molar-refractivity contribution in [3.63, 3.8) is 0 Å². The number of para-hydroxylation sites is 1. The molecule has 3 rings (SSSR count). The number of benzene rings is 3. The first-order chi connectivity index (χ1) is 22.1. The molecule has 1 atom stereocenters. The SMILES string of the molecule is CCOC(CN(Cc1cccc(OC)c1OC)C(=O)[C@H](Cc1ccc(OC(C)(C)C)cc1)NC(=O)OCc1ccccc1)OCC.S. The smallest absolute Gasteiger partial charge is 0.408 e. The van der Waals surface area contributed by atoms with E-state index in [9.17, 15) is 9.59 Å². The lowest BCUT2D eigenvalue weighted by atomic mass is 10.0. The van der Waals surface area contributed by atoms with E-state index in [1.165, 1.54) is 0 Å². The van der Waals surface area contributed by atoms with Gasteiger partial charge in [-0.3, -0.25) is 4.79 Å². The van der Waals surface area contributed by atoms with Gasteiger partial charge >= 0.3 is 6.09 Å². The Labute approximate surface area is 286 Å². The number of methoxy groups -OCH3 is 2. The number of alkyl carbamates (subject to hydrolysis) is 1. The van der Waals surface area contributed by atoms with Crippen molar-refractivity contribution >= 4 is 25.5 Å². The van der Waals surface area contributed by atoms with Crippen LogP contribution < -0.4 is 19.5 Å². The van der Waals surface area contributed by atoms with Gasteiger partial charge in [0, 0.05) is 31.7 Å². The number of nitrogens with one attached hydrogen (secondary N) is 1. The summed E-state index contributed by atoms with van der Waals surface area (Å²) in [5, 5.41) is 2.82. The maximum absolute atomic E-state index is 14.5. The first-order valence-electron chi connectivity index (χ1n) is 15.5. The topological polar surface area (TPSA) is 105 Å². The Kier molecular flexibility index (Phi) is 16.4. The van der Waals surface area contributed by atoms with Crippen molar-refractivity contribution in [3.8, 4) is 17.2 Å². The molecule has 0 aliphatic rings. The zero-order valence-electron chi connectivity index (χ0n) is 28.5. The molecule has 3 aromatic carbocycles. The van der Waals surface area contributed by atoms with Gasteiger partial charge in [-0.05, 0) is 63.9 Å². The van der Waals surface area contributed by atoms with Crippen LogP contribution >= 0.6 is 13.5 Å². The Morgan fingerprint density at radius 3 is 2.06 bits per heavy atom. The van der Waals surface area contributed by atoms with Crippen molar-refractivity contribution in [2.24, 2.45) is 0 Å². The number of nitrogens with zero attached hydrogens (tertiary/aromatic N) is 1. The Morgan fingerprint density at radius 2 is 1.49 bits per heavy atom. The summed E-state index contributed by atoms with van der Waals surface area (Å²) in [7, 11) is 3.11.